The Bertz CT molecular complexity index is 567. The molecule has 0 aromatic heterocycles. The number of carbonyl (C=O) groups excluding carboxylic acids is 1. The van der Waals surface area contributed by atoms with Gasteiger partial charge in [-0.05, 0) is 12.8 Å². The molecule has 0 aromatic rings. The van der Waals surface area contributed by atoms with Crippen LogP contribution in [0.15, 0.2) is 0 Å². The van der Waals surface area contributed by atoms with Crippen LogP contribution in [0.1, 0.15) is 123 Å². The first kappa shape index (κ1) is 35.5. The predicted octanol–water partition coefficient (Wildman–Crippen LogP) is 7.03. The van der Waals surface area contributed by atoms with Gasteiger partial charge in [-0.25, -0.2) is 0 Å². The maximum Gasteiger partial charge on any atom is 0.309 e. The van der Waals surface area contributed by atoms with Gasteiger partial charge in [0.15, 0.2) is 0 Å². The third-order valence-electron chi connectivity index (χ3n) is 6.47. The summed E-state index contributed by atoms with van der Waals surface area (Å²) in [5, 5.41) is 0. The molecule has 0 amide bonds. The van der Waals surface area contributed by atoms with Gasteiger partial charge >= 0.3 is 5.97 Å². The predicted molar refractivity (Wildman–Crippen MR) is 147 cm³/mol. The van der Waals surface area contributed by atoms with Crippen molar-refractivity contribution in [3.05, 3.63) is 0 Å². The maximum absolute atomic E-state index is 12.4. The minimum Gasteiger partial charge on any atom is -0.756 e. The minimum atomic E-state index is -4.37. The number of ether oxygens (including phenoxy) is 1. The van der Waals surface area contributed by atoms with E-state index < -0.39 is 7.82 Å². The third kappa shape index (κ3) is 23.9. The van der Waals surface area contributed by atoms with Crippen molar-refractivity contribution in [3.63, 3.8) is 0 Å². The highest BCUT2D eigenvalue weighted by atomic mass is 31.2. The molecule has 0 aromatic carbocycles. The summed E-state index contributed by atoms with van der Waals surface area (Å²) in [6.07, 6.45) is 21.0. The molecule has 8 heteroatoms. The number of hydrogen-bond donors (Lipinski definition) is 0. The third-order valence-corrected chi connectivity index (χ3v) is 7.46. The van der Waals surface area contributed by atoms with Crippen molar-refractivity contribution >= 4 is 13.8 Å². The lowest BCUT2D eigenvalue weighted by Crippen LogP contribution is -2.37. The molecule has 2 atom stereocenters. The zero-order chi connectivity index (χ0) is 27.1. The summed E-state index contributed by atoms with van der Waals surface area (Å²) in [6, 6.07) is 0. The highest BCUT2D eigenvalue weighted by molar-refractivity contribution is 7.45. The number of likely N-dealkylation sites (N-methyl/N-ethyl adjacent to an activating group) is 1. The Hall–Kier alpha value is -0.460. The quantitative estimate of drug-likeness (QED) is 0.0512. The number of phosphoric ester groups is 1. The molecule has 7 nitrogen and oxygen atoms in total. The molecule has 0 saturated carbocycles. The molecule has 0 fully saturated rings. The lowest BCUT2D eigenvalue weighted by Gasteiger charge is -2.27. The number of hydrogen-bond acceptors (Lipinski definition) is 6. The molecule has 0 radical (unpaired) electrons. The number of quaternary nitrogens is 1. The lowest BCUT2D eigenvalue weighted by molar-refractivity contribution is -0.870. The van der Waals surface area contributed by atoms with Gasteiger partial charge in [0, 0.05) is 0 Å². The number of unbranched alkanes of at least 4 members (excludes halogenated alkanes) is 13. The van der Waals surface area contributed by atoms with Crippen LogP contribution in [0.4, 0.5) is 0 Å². The lowest BCUT2D eigenvalue weighted by atomic mass is 9.96. The fourth-order valence-electron chi connectivity index (χ4n) is 4.19. The molecule has 0 bridgehead atoms. The molecule has 0 spiro atoms. The van der Waals surface area contributed by atoms with Crippen molar-refractivity contribution in [2.24, 2.45) is 5.92 Å². The van der Waals surface area contributed by atoms with Gasteiger partial charge in [-0.1, -0.05) is 110 Å². The molecular formula is C28H58NO6P. The average Bonchev–Trinajstić information content (AvgIpc) is 2.80. The van der Waals surface area contributed by atoms with Gasteiger partial charge in [0.1, 0.15) is 19.8 Å². The summed E-state index contributed by atoms with van der Waals surface area (Å²) in [4.78, 5) is 24.2. The van der Waals surface area contributed by atoms with Gasteiger partial charge in [0.05, 0.1) is 33.7 Å². The fraction of sp³-hybridized carbons (Fsp3) is 0.964. The van der Waals surface area contributed by atoms with E-state index in [1.165, 1.54) is 77.0 Å². The number of phosphoric acid groups is 1. The van der Waals surface area contributed by atoms with Crippen molar-refractivity contribution < 1.29 is 32.5 Å². The van der Waals surface area contributed by atoms with E-state index in [0.717, 1.165) is 32.1 Å². The van der Waals surface area contributed by atoms with Crippen LogP contribution < -0.4 is 4.89 Å². The summed E-state index contributed by atoms with van der Waals surface area (Å²) < 4.78 is 27.4. The van der Waals surface area contributed by atoms with E-state index in [4.69, 9.17) is 13.8 Å². The van der Waals surface area contributed by atoms with E-state index in [1.807, 2.05) is 21.1 Å². The van der Waals surface area contributed by atoms with Crippen LogP contribution in [-0.2, 0) is 23.1 Å². The van der Waals surface area contributed by atoms with E-state index in [0.29, 0.717) is 11.0 Å². The Morgan fingerprint density at radius 2 is 1.17 bits per heavy atom. The van der Waals surface area contributed by atoms with Gasteiger partial charge < -0.3 is 23.2 Å². The van der Waals surface area contributed by atoms with E-state index in [-0.39, 0.29) is 31.7 Å². The second kappa shape index (κ2) is 22.5. The van der Waals surface area contributed by atoms with E-state index in [2.05, 4.69) is 13.8 Å². The largest absolute Gasteiger partial charge is 0.756 e. The van der Waals surface area contributed by atoms with Crippen LogP contribution in [0.2, 0.25) is 0 Å². The number of esters is 1. The van der Waals surface area contributed by atoms with Crippen molar-refractivity contribution in [1.29, 1.82) is 0 Å². The summed E-state index contributed by atoms with van der Waals surface area (Å²) in [5.41, 5.74) is 0. The molecule has 0 aliphatic heterocycles. The van der Waals surface area contributed by atoms with Crippen LogP contribution in [0.3, 0.4) is 0 Å². The first-order chi connectivity index (χ1) is 17.1. The molecule has 0 N–H and O–H groups in total. The monoisotopic (exact) mass is 535 g/mol. The first-order valence-corrected chi connectivity index (χ1v) is 16.1. The molecule has 0 rings (SSSR count). The fourth-order valence-corrected chi connectivity index (χ4v) is 4.86. The van der Waals surface area contributed by atoms with Gasteiger partial charge in [0.2, 0.25) is 0 Å². The summed E-state index contributed by atoms with van der Waals surface area (Å²) >= 11 is 0. The van der Waals surface area contributed by atoms with Gasteiger partial charge in [-0.2, -0.15) is 0 Å². The SMILES string of the molecule is CCCCCCCCCCCCCCCCC(CCC)C(=O)OCCOP(=O)([O-])OCC[N+](C)(C)C. The zero-order valence-corrected chi connectivity index (χ0v) is 25.2. The molecule has 216 valence electrons. The molecule has 0 heterocycles. The molecule has 2 unspecified atom stereocenters. The summed E-state index contributed by atoms with van der Waals surface area (Å²) in [6.45, 7) is 4.64. The Kier molecular flexibility index (Phi) is 22.2. The molecule has 0 aliphatic rings. The Labute approximate surface area is 222 Å². The average molecular weight is 536 g/mol. The number of rotatable bonds is 26. The number of carbonyl (C=O) groups is 1. The molecule has 36 heavy (non-hydrogen) atoms. The van der Waals surface area contributed by atoms with Crippen molar-refractivity contribution in [2.75, 3.05) is 47.5 Å². The molecular weight excluding hydrogens is 477 g/mol. The van der Waals surface area contributed by atoms with E-state index in [1.54, 1.807) is 0 Å². The maximum atomic E-state index is 12.4. The molecule has 0 saturated heterocycles. The Morgan fingerprint density at radius 1 is 0.694 bits per heavy atom. The Morgan fingerprint density at radius 3 is 1.64 bits per heavy atom. The highest BCUT2D eigenvalue weighted by Gasteiger charge is 2.19. The van der Waals surface area contributed by atoms with Gasteiger partial charge in [0.25, 0.3) is 7.82 Å². The standard InChI is InChI=1S/C28H58NO6P/c1-6-8-9-10-11-12-13-14-15-16-17-18-19-20-22-27(21-7-2)28(30)33-25-26-35-36(31,32)34-24-23-29(3,4)5/h27H,6-26H2,1-5H3. The topological polar surface area (TPSA) is 84.9 Å². The smallest absolute Gasteiger partial charge is 0.309 e. The van der Waals surface area contributed by atoms with Crippen LogP contribution in [0.25, 0.3) is 0 Å². The van der Waals surface area contributed by atoms with Crippen molar-refractivity contribution in [1.82, 2.24) is 0 Å². The molecule has 0 aliphatic carbocycles. The second-order valence-electron chi connectivity index (χ2n) is 11.2. The van der Waals surface area contributed by atoms with E-state index in [9.17, 15) is 14.3 Å². The van der Waals surface area contributed by atoms with Crippen LogP contribution in [0.5, 0.6) is 0 Å². The second-order valence-corrected chi connectivity index (χ2v) is 12.6. The van der Waals surface area contributed by atoms with E-state index >= 15 is 0 Å². The van der Waals surface area contributed by atoms with Crippen LogP contribution >= 0.6 is 7.82 Å². The summed E-state index contributed by atoms with van der Waals surface area (Å²) in [7, 11) is 1.48. The van der Waals surface area contributed by atoms with Crippen molar-refractivity contribution in [2.45, 2.75) is 123 Å². The minimum absolute atomic E-state index is 0.0574. The summed E-state index contributed by atoms with van der Waals surface area (Å²) in [5.74, 6) is -0.367. The first-order valence-electron chi connectivity index (χ1n) is 14.7. The van der Waals surface area contributed by atoms with Crippen molar-refractivity contribution in [3.8, 4) is 0 Å². The number of nitrogens with zero attached hydrogens (tertiary/aromatic N) is 1. The van der Waals surface area contributed by atoms with Crippen LogP contribution in [0, 0.1) is 5.92 Å². The normalized spacial score (nSPS) is 14.5. The zero-order valence-electron chi connectivity index (χ0n) is 24.3. The van der Waals surface area contributed by atoms with Gasteiger partial charge in [-0.3, -0.25) is 9.36 Å². The Balaban J connectivity index is 3.82. The van der Waals surface area contributed by atoms with Gasteiger partial charge in [-0.15, -0.1) is 0 Å². The highest BCUT2D eigenvalue weighted by Crippen LogP contribution is 2.37. The van der Waals surface area contributed by atoms with Crippen LogP contribution in [-0.4, -0.2) is 58.0 Å².